The maximum atomic E-state index is 12.3. The van der Waals surface area contributed by atoms with E-state index >= 15 is 0 Å². The number of ether oxygens (including phenoxy) is 1. The van der Waals surface area contributed by atoms with E-state index in [1.54, 1.807) is 6.92 Å². The molecule has 172 valence electrons. The topological polar surface area (TPSA) is 116 Å². The molecular formula is C25H26N2O5S. The largest absolute Gasteiger partial charge is 0.452 e. The first-order valence-electron chi connectivity index (χ1n) is 10.4. The number of amides is 1. The number of rotatable bonds is 9. The Morgan fingerprint density at radius 3 is 2.06 bits per heavy atom. The third-order valence-corrected chi connectivity index (χ3v) is 6.28. The summed E-state index contributed by atoms with van der Waals surface area (Å²) in [6.45, 7) is 1.49. The van der Waals surface area contributed by atoms with Gasteiger partial charge in [0, 0.05) is 12.5 Å². The zero-order valence-corrected chi connectivity index (χ0v) is 19.0. The number of esters is 1. The van der Waals surface area contributed by atoms with E-state index in [0.717, 1.165) is 17.2 Å². The minimum atomic E-state index is -3.97. The number of sulfonamides is 1. The minimum Gasteiger partial charge on any atom is -0.452 e. The number of carbonyl (C=O) groups is 2. The Hall–Kier alpha value is -3.49. The van der Waals surface area contributed by atoms with Gasteiger partial charge in [0.1, 0.15) is 0 Å². The smallest absolute Gasteiger partial charge is 0.338 e. The summed E-state index contributed by atoms with van der Waals surface area (Å²) < 4.78 is 28.3. The van der Waals surface area contributed by atoms with Crippen molar-refractivity contribution in [3.8, 4) is 0 Å². The molecule has 3 aromatic carbocycles. The normalized spacial score (nSPS) is 11.2. The number of hydrogen-bond acceptors (Lipinski definition) is 5. The Morgan fingerprint density at radius 2 is 1.52 bits per heavy atom. The monoisotopic (exact) mass is 466 g/mol. The Kier molecular flexibility index (Phi) is 7.97. The second-order valence-electron chi connectivity index (χ2n) is 7.61. The zero-order chi connectivity index (χ0) is 23.8. The van der Waals surface area contributed by atoms with Gasteiger partial charge in [-0.25, -0.2) is 18.4 Å². The maximum Gasteiger partial charge on any atom is 0.338 e. The van der Waals surface area contributed by atoms with E-state index in [-0.39, 0.29) is 16.4 Å². The average molecular weight is 467 g/mol. The van der Waals surface area contributed by atoms with Crippen molar-refractivity contribution >= 4 is 21.9 Å². The van der Waals surface area contributed by atoms with E-state index in [9.17, 15) is 18.0 Å². The van der Waals surface area contributed by atoms with Crippen LogP contribution >= 0.6 is 0 Å². The predicted molar refractivity (Wildman–Crippen MR) is 125 cm³/mol. The number of nitrogens with two attached hydrogens (primary N) is 1. The van der Waals surface area contributed by atoms with Crippen LogP contribution in [0.5, 0.6) is 0 Å². The van der Waals surface area contributed by atoms with Crippen LogP contribution in [0.15, 0.2) is 83.8 Å². The summed E-state index contributed by atoms with van der Waals surface area (Å²) in [6.07, 6.45) is 0.670. The Morgan fingerprint density at radius 1 is 0.939 bits per heavy atom. The average Bonchev–Trinajstić information content (AvgIpc) is 2.81. The predicted octanol–water partition coefficient (Wildman–Crippen LogP) is 3.14. The van der Waals surface area contributed by atoms with Crippen molar-refractivity contribution in [2.24, 2.45) is 5.14 Å². The molecule has 0 heterocycles. The molecule has 0 aliphatic rings. The molecule has 0 saturated heterocycles. The van der Waals surface area contributed by atoms with Crippen molar-refractivity contribution in [1.82, 2.24) is 5.32 Å². The van der Waals surface area contributed by atoms with Gasteiger partial charge in [-0.2, -0.15) is 0 Å². The summed E-state index contributed by atoms with van der Waals surface area (Å²) in [7, 11) is -3.97. The Balaban J connectivity index is 1.55. The first-order chi connectivity index (χ1) is 15.8. The molecule has 3 N–H and O–H groups in total. The quantitative estimate of drug-likeness (QED) is 0.470. The highest BCUT2D eigenvalue weighted by molar-refractivity contribution is 7.89. The lowest BCUT2D eigenvalue weighted by molar-refractivity contribution is -0.124. The van der Waals surface area contributed by atoms with Crippen LogP contribution in [0, 0.1) is 6.92 Å². The number of aryl methyl sites for hydroxylation is 1. The molecule has 0 aliphatic heterocycles. The summed E-state index contributed by atoms with van der Waals surface area (Å²) in [5.41, 5.74) is 2.72. The first-order valence-corrected chi connectivity index (χ1v) is 12.0. The Labute approximate surface area is 193 Å². The molecular weight excluding hydrogens is 440 g/mol. The second kappa shape index (κ2) is 10.9. The molecule has 0 spiro atoms. The van der Waals surface area contributed by atoms with Crippen LogP contribution in [0.25, 0.3) is 0 Å². The molecule has 0 atom stereocenters. The van der Waals surface area contributed by atoms with Gasteiger partial charge in [-0.05, 0) is 42.2 Å². The number of carbonyl (C=O) groups excluding carboxylic acids is 2. The molecule has 0 saturated carbocycles. The summed E-state index contributed by atoms with van der Waals surface area (Å²) >= 11 is 0. The lowest BCUT2D eigenvalue weighted by atomic mass is 9.88. The van der Waals surface area contributed by atoms with E-state index in [2.05, 4.69) is 29.6 Å². The molecule has 3 aromatic rings. The van der Waals surface area contributed by atoms with E-state index in [0.29, 0.717) is 18.5 Å². The van der Waals surface area contributed by atoms with E-state index < -0.39 is 28.5 Å². The lowest BCUT2D eigenvalue weighted by Gasteiger charge is -2.18. The second-order valence-corrected chi connectivity index (χ2v) is 9.14. The highest BCUT2D eigenvalue weighted by atomic mass is 32.2. The molecule has 3 rings (SSSR count). The van der Waals surface area contributed by atoms with Crippen LogP contribution in [-0.4, -0.2) is 33.4 Å². The molecule has 0 bridgehead atoms. The summed E-state index contributed by atoms with van der Waals surface area (Å²) in [5.74, 6) is -1.14. The standard InChI is InChI=1S/C25H26N2O5S/c1-18-12-13-21(16-23(18)33(26,30)31)25(29)32-17-24(28)27-15-14-22(19-8-4-2-5-9-19)20-10-6-3-7-11-20/h2-13,16,22H,14-15,17H2,1H3,(H,27,28)(H2,26,30,31). The van der Waals surface area contributed by atoms with Crippen LogP contribution < -0.4 is 10.5 Å². The van der Waals surface area contributed by atoms with Gasteiger partial charge in [0.05, 0.1) is 10.5 Å². The molecule has 0 radical (unpaired) electrons. The van der Waals surface area contributed by atoms with Crippen molar-refractivity contribution < 1.29 is 22.7 Å². The van der Waals surface area contributed by atoms with Gasteiger partial charge < -0.3 is 10.1 Å². The molecule has 0 fully saturated rings. The molecule has 0 aromatic heterocycles. The zero-order valence-electron chi connectivity index (χ0n) is 18.2. The van der Waals surface area contributed by atoms with Crippen molar-refractivity contribution in [3.05, 3.63) is 101 Å². The van der Waals surface area contributed by atoms with Gasteiger partial charge in [0.15, 0.2) is 6.61 Å². The Bertz CT molecular complexity index is 1170. The van der Waals surface area contributed by atoms with Gasteiger partial charge >= 0.3 is 5.97 Å². The van der Waals surface area contributed by atoms with Gasteiger partial charge in [-0.3, -0.25) is 4.79 Å². The number of primary sulfonamides is 1. The minimum absolute atomic E-state index is 0.00523. The summed E-state index contributed by atoms with van der Waals surface area (Å²) in [6, 6.07) is 24.1. The molecule has 1 amide bonds. The number of nitrogens with one attached hydrogen (secondary N) is 1. The van der Waals surface area contributed by atoms with Crippen LogP contribution in [0.1, 0.15) is 39.4 Å². The van der Waals surface area contributed by atoms with Crippen LogP contribution in [0.4, 0.5) is 0 Å². The van der Waals surface area contributed by atoms with Crippen molar-refractivity contribution in [3.63, 3.8) is 0 Å². The first kappa shape index (κ1) is 24.2. The molecule has 0 aliphatic carbocycles. The van der Waals surface area contributed by atoms with E-state index in [4.69, 9.17) is 9.88 Å². The van der Waals surface area contributed by atoms with Crippen molar-refractivity contribution in [2.75, 3.05) is 13.2 Å². The SMILES string of the molecule is Cc1ccc(C(=O)OCC(=O)NCCC(c2ccccc2)c2ccccc2)cc1S(N)(=O)=O. The molecule has 33 heavy (non-hydrogen) atoms. The molecule has 8 heteroatoms. The molecule has 0 unspecified atom stereocenters. The van der Waals surface area contributed by atoms with Crippen LogP contribution in [-0.2, 0) is 19.6 Å². The van der Waals surface area contributed by atoms with Gasteiger partial charge in [-0.1, -0.05) is 66.7 Å². The third kappa shape index (κ3) is 6.74. The summed E-state index contributed by atoms with van der Waals surface area (Å²) in [5, 5.41) is 7.94. The fourth-order valence-corrected chi connectivity index (χ4v) is 4.36. The highest BCUT2D eigenvalue weighted by Crippen LogP contribution is 2.27. The fourth-order valence-electron chi connectivity index (χ4n) is 3.55. The highest BCUT2D eigenvalue weighted by Gasteiger charge is 2.18. The van der Waals surface area contributed by atoms with E-state index in [1.807, 2.05) is 36.4 Å². The van der Waals surface area contributed by atoms with Crippen LogP contribution in [0.3, 0.4) is 0 Å². The van der Waals surface area contributed by atoms with E-state index in [1.165, 1.54) is 12.1 Å². The number of hydrogen-bond donors (Lipinski definition) is 2. The van der Waals surface area contributed by atoms with Gasteiger partial charge in [0.2, 0.25) is 10.0 Å². The summed E-state index contributed by atoms with van der Waals surface area (Å²) in [4.78, 5) is 24.3. The van der Waals surface area contributed by atoms with Gasteiger partial charge in [-0.15, -0.1) is 0 Å². The van der Waals surface area contributed by atoms with Crippen molar-refractivity contribution in [1.29, 1.82) is 0 Å². The van der Waals surface area contributed by atoms with Crippen LogP contribution in [0.2, 0.25) is 0 Å². The maximum absolute atomic E-state index is 12.3. The fraction of sp³-hybridized carbons (Fsp3) is 0.200. The van der Waals surface area contributed by atoms with Gasteiger partial charge in [0.25, 0.3) is 5.91 Å². The lowest BCUT2D eigenvalue weighted by Crippen LogP contribution is -2.30. The van der Waals surface area contributed by atoms with Crippen molar-refractivity contribution in [2.45, 2.75) is 24.2 Å². The molecule has 7 nitrogen and oxygen atoms in total. The number of benzene rings is 3. The third-order valence-electron chi connectivity index (χ3n) is 5.22.